The number of benzene rings is 2. The molecule has 2 aromatic carbocycles. The van der Waals surface area contributed by atoms with Crippen LogP contribution in [0.4, 0.5) is 0 Å². The second kappa shape index (κ2) is 8.75. The van der Waals surface area contributed by atoms with E-state index < -0.39 is 0 Å². The molecule has 1 heterocycles. The molecular formula is C17H13Cl3N4O2S. The van der Waals surface area contributed by atoms with Gasteiger partial charge >= 0.3 is 0 Å². The molecule has 1 aromatic heterocycles. The Labute approximate surface area is 175 Å². The number of hydrogen-bond donors (Lipinski definition) is 1. The van der Waals surface area contributed by atoms with Crippen LogP contribution in [0.5, 0.6) is 11.5 Å². The molecule has 140 valence electrons. The maximum Gasteiger partial charge on any atom is 0.216 e. The molecule has 0 aliphatic carbocycles. The van der Waals surface area contributed by atoms with Crippen LogP contribution in [-0.2, 0) is 6.61 Å². The first-order valence-electron chi connectivity index (χ1n) is 7.59. The Morgan fingerprint density at radius 1 is 1.19 bits per heavy atom. The SMILES string of the molecule is COc1cc(C=Nn2cn[nH]c2=S)ccc1OCc1c(Cl)ccc(Cl)c1Cl. The lowest BCUT2D eigenvalue weighted by molar-refractivity contribution is 0.284. The maximum atomic E-state index is 6.20. The zero-order valence-corrected chi connectivity index (χ0v) is 17.0. The summed E-state index contributed by atoms with van der Waals surface area (Å²) in [6, 6.07) is 8.68. The highest BCUT2D eigenvalue weighted by atomic mass is 35.5. The molecule has 1 N–H and O–H groups in total. The Kier molecular flexibility index (Phi) is 6.38. The number of nitrogens with one attached hydrogen (secondary N) is 1. The number of H-pyrrole nitrogens is 1. The summed E-state index contributed by atoms with van der Waals surface area (Å²) in [6.07, 6.45) is 3.11. The van der Waals surface area contributed by atoms with Gasteiger partial charge in [0.15, 0.2) is 11.5 Å². The van der Waals surface area contributed by atoms with Crippen LogP contribution in [-0.4, -0.2) is 28.2 Å². The summed E-state index contributed by atoms with van der Waals surface area (Å²) >= 11 is 23.5. The van der Waals surface area contributed by atoms with Gasteiger partial charge in [0.05, 0.1) is 23.4 Å². The van der Waals surface area contributed by atoms with Crippen LogP contribution in [0.1, 0.15) is 11.1 Å². The van der Waals surface area contributed by atoms with Crippen LogP contribution < -0.4 is 9.47 Å². The molecule has 0 amide bonds. The van der Waals surface area contributed by atoms with Gasteiger partial charge in [-0.25, -0.2) is 0 Å². The largest absolute Gasteiger partial charge is 0.493 e. The molecule has 0 unspecified atom stereocenters. The molecule has 0 saturated heterocycles. The predicted molar refractivity (Wildman–Crippen MR) is 109 cm³/mol. The summed E-state index contributed by atoms with van der Waals surface area (Å²) in [6.45, 7) is 0.145. The number of nitrogens with zero attached hydrogens (tertiary/aromatic N) is 3. The smallest absolute Gasteiger partial charge is 0.216 e. The molecular weight excluding hydrogens is 431 g/mol. The minimum absolute atomic E-state index is 0.145. The lowest BCUT2D eigenvalue weighted by Crippen LogP contribution is -2.00. The van der Waals surface area contributed by atoms with Crippen LogP contribution >= 0.6 is 47.0 Å². The number of aromatic amines is 1. The minimum atomic E-state index is 0.145. The standard InChI is InChI=1S/C17H13Cl3N4O2S/c1-25-15-6-10(7-22-24-9-21-23-17(24)27)2-5-14(15)26-8-11-12(18)3-4-13(19)16(11)20/h2-7,9H,8H2,1H3,(H,23,27). The molecule has 27 heavy (non-hydrogen) atoms. The summed E-state index contributed by atoms with van der Waals surface area (Å²) in [5.41, 5.74) is 1.40. The molecule has 0 aliphatic rings. The zero-order chi connectivity index (χ0) is 19.4. The van der Waals surface area contributed by atoms with Crippen molar-refractivity contribution in [2.45, 2.75) is 6.61 Å². The van der Waals surface area contributed by atoms with E-state index in [1.54, 1.807) is 37.6 Å². The monoisotopic (exact) mass is 442 g/mol. The van der Waals surface area contributed by atoms with E-state index in [4.69, 9.17) is 56.5 Å². The second-order valence-electron chi connectivity index (χ2n) is 5.27. The van der Waals surface area contributed by atoms with Gasteiger partial charge in [0, 0.05) is 10.6 Å². The van der Waals surface area contributed by atoms with E-state index in [9.17, 15) is 0 Å². The molecule has 0 radical (unpaired) electrons. The zero-order valence-electron chi connectivity index (χ0n) is 13.9. The van der Waals surface area contributed by atoms with Gasteiger partial charge in [-0.1, -0.05) is 34.8 Å². The van der Waals surface area contributed by atoms with Crippen molar-refractivity contribution < 1.29 is 9.47 Å². The fraction of sp³-hybridized carbons (Fsp3) is 0.118. The van der Waals surface area contributed by atoms with Crippen LogP contribution in [0.3, 0.4) is 0 Å². The van der Waals surface area contributed by atoms with Gasteiger partial charge in [-0.05, 0) is 48.1 Å². The Morgan fingerprint density at radius 3 is 2.67 bits per heavy atom. The van der Waals surface area contributed by atoms with Crippen LogP contribution in [0.2, 0.25) is 15.1 Å². The normalized spacial score (nSPS) is 11.1. The first kappa shape index (κ1) is 19.7. The van der Waals surface area contributed by atoms with Gasteiger partial charge in [-0.15, -0.1) is 0 Å². The van der Waals surface area contributed by atoms with E-state index in [0.717, 1.165) is 5.56 Å². The number of aromatic nitrogens is 3. The number of hydrogen-bond acceptors (Lipinski definition) is 5. The topological polar surface area (TPSA) is 64.4 Å². The van der Waals surface area contributed by atoms with Gasteiger partial charge in [0.2, 0.25) is 4.77 Å². The molecule has 0 bridgehead atoms. The van der Waals surface area contributed by atoms with Gasteiger partial charge < -0.3 is 9.47 Å². The highest BCUT2D eigenvalue weighted by Gasteiger charge is 2.12. The Hall–Kier alpha value is -2.06. The Balaban J connectivity index is 1.79. The highest BCUT2D eigenvalue weighted by molar-refractivity contribution is 7.71. The van der Waals surface area contributed by atoms with Gasteiger partial charge in [0.25, 0.3) is 0 Å². The summed E-state index contributed by atoms with van der Waals surface area (Å²) in [5.74, 6) is 1.06. The molecule has 3 aromatic rings. The maximum absolute atomic E-state index is 6.20. The fourth-order valence-electron chi connectivity index (χ4n) is 2.19. The average Bonchev–Trinajstić information content (AvgIpc) is 3.08. The van der Waals surface area contributed by atoms with Crippen LogP contribution in [0.15, 0.2) is 41.8 Å². The van der Waals surface area contributed by atoms with Crippen molar-refractivity contribution in [2.24, 2.45) is 5.10 Å². The number of ether oxygens (including phenoxy) is 2. The van der Waals surface area contributed by atoms with Crippen molar-refractivity contribution in [3.63, 3.8) is 0 Å². The molecule has 0 saturated carbocycles. The third-order valence-corrected chi connectivity index (χ3v) is 5.04. The third kappa shape index (κ3) is 4.62. The quantitative estimate of drug-likeness (QED) is 0.316. The van der Waals surface area contributed by atoms with E-state index in [1.807, 2.05) is 6.07 Å². The lowest BCUT2D eigenvalue weighted by atomic mass is 10.2. The summed E-state index contributed by atoms with van der Waals surface area (Å²) < 4.78 is 13.1. The molecule has 3 rings (SSSR count). The van der Waals surface area contributed by atoms with E-state index in [0.29, 0.717) is 36.9 Å². The average molecular weight is 444 g/mol. The minimum Gasteiger partial charge on any atom is -0.493 e. The van der Waals surface area contributed by atoms with E-state index in [-0.39, 0.29) is 6.61 Å². The van der Waals surface area contributed by atoms with Crippen molar-refractivity contribution in [1.29, 1.82) is 0 Å². The summed E-state index contributed by atoms with van der Waals surface area (Å²) in [5, 5.41) is 11.9. The predicted octanol–water partition coefficient (Wildman–Crippen LogP) is 5.37. The highest BCUT2D eigenvalue weighted by Crippen LogP contribution is 2.34. The van der Waals surface area contributed by atoms with Crippen molar-refractivity contribution in [3.05, 3.63) is 67.6 Å². The Morgan fingerprint density at radius 2 is 1.96 bits per heavy atom. The van der Waals surface area contributed by atoms with Gasteiger partial charge in [-0.2, -0.15) is 14.9 Å². The second-order valence-corrected chi connectivity index (χ2v) is 6.85. The van der Waals surface area contributed by atoms with Crippen LogP contribution in [0.25, 0.3) is 0 Å². The first-order valence-corrected chi connectivity index (χ1v) is 9.13. The van der Waals surface area contributed by atoms with Crippen LogP contribution in [0, 0.1) is 4.77 Å². The van der Waals surface area contributed by atoms with Crippen molar-refractivity contribution in [2.75, 3.05) is 7.11 Å². The molecule has 0 aliphatic heterocycles. The van der Waals surface area contributed by atoms with E-state index in [1.165, 1.54) is 11.0 Å². The van der Waals surface area contributed by atoms with Crippen molar-refractivity contribution in [1.82, 2.24) is 14.9 Å². The van der Waals surface area contributed by atoms with Crippen molar-refractivity contribution in [3.8, 4) is 11.5 Å². The molecule has 0 spiro atoms. The molecule has 10 heteroatoms. The van der Waals surface area contributed by atoms with Crippen molar-refractivity contribution >= 4 is 53.2 Å². The Bertz CT molecular complexity index is 1050. The summed E-state index contributed by atoms with van der Waals surface area (Å²) in [4.78, 5) is 0. The number of methoxy groups -OCH3 is 1. The van der Waals surface area contributed by atoms with E-state index in [2.05, 4.69) is 15.3 Å². The van der Waals surface area contributed by atoms with Gasteiger partial charge in [0.1, 0.15) is 12.9 Å². The third-order valence-electron chi connectivity index (χ3n) is 3.57. The number of rotatable bonds is 6. The number of halogens is 3. The van der Waals surface area contributed by atoms with Gasteiger partial charge in [-0.3, -0.25) is 5.10 Å². The molecule has 0 atom stereocenters. The summed E-state index contributed by atoms with van der Waals surface area (Å²) in [7, 11) is 1.55. The van der Waals surface area contributed by atoms with E-state index >= 15 is 0 Å². The first-order chi connectivity index (χ1) is 13.0. The molecule has 6 nitrogen and oxygen atoms in total. The molecule has 0 fully saturated rings. The lowest BCUT2D eigenvalue weighted by Gasteiger charge is -2.13. The fourth-order valence-corrected chi connectivity index (χ4v) is 2.99.